The summed E-state index contributed by atoms with van der Waals surface area (Å²) in [5.74, 6) is 6.19. The maximum Gasteiger partial charge on any atom is 0.237 e. The van der Waals surface area contributed by atoms with Crippen molar-refractivity contribution >= 4 is 16.7 Å². The molecule has 2 aromatic rings. The van der Waals surface area contributed by atoms with Gasteiger partial charge in [-0.25, -0.2) is 5.84 Å². The Hall–Kier alpha value is -2.11. The van der Waals surface area contributed by atoms with Gasteiger partial charge in [0.15, 0.2) is 0 Å². The first-order valence-electron chi connectivity index (χ1n) is 8.98. The fourth-order valence-corrected chi connectivity index (χ4v) is 3.54. The summed E-state index contributed by atoms with van der Waals surface area (Å²) in [7, 11) is 0. The molecule has 5 nitrogen and oxygen atoms in total. The summed E-state index contributed by atoms with van der Waals surface area (Å²) in [5.41, 5.74) is 3.51. The Morgan fingerprint density at radius 2 is 1.96 bits per heavy atom. The monoisotopic (exact) mass is 341 g/mol. The van der Waals surface area contributed by atoms with E-state index in [2.05, 4.69) is 60.6 Å². The SMILES string of the molecule is CC(C)Oc1ccc2ccccc2c1CN1CCC(C(=O)NN)CC1. The van der Waals surface area contributed by atoms with Crippen molar-refractivity contribution in [2.24, 2.45) is 11.8 Å². The molecule has 0 unspecified atom stereocenters. The quantitative estimate of drug-likeness (QED) is 0.498. The molecule has 1 amide bonds. The Labute approximate surface area is 149 Å². The minimum atomic E-state index is -0.0476. The molecule has 25 heavy (non-hydrogen) atoms. The van der Waals surface area contributed by atoms with Crippen LogP contribution in [0.5, 0.6) is 5.75 Å². The molecule has 1 aliphatic heterocycles. The zero-order valence-electron chi connectivity index (χ0n) is 15.0. The number of benzene rings is 2. The molecule has 0 saturated carbocycles. The lowest BCUT2D eigenvalue weighted by atomic mass is 9.95. The van der Waals surface area contributed by atoms with Crippen LogP contribution in [0, 0.1) is 5.92 Å². The molecule has 1 aliphatic rings. The average molecular weight is 341 g/mol. The van der Waals surface area contributed by atoms with Crippen molar-refractivity contribution in [2.45, 2.75) is 39.3 Å². The third-order valence-corrected chi connectivity index (χ3v) is 4.84. The van der Waals surface area contributed by atoms with E-state index >= 15 is 0 Å². The summed E-state index contributed by atoms with van der Waals surface area (Å²) in [5, 5.41) is 2.47. The molecule has 2 aromatic carbocycles. The summed E-state index contributed by atoms with van der Waals surface area (Å²) < 4.78 is 6.06. The smallest absolute Gasteiger partial charge is 0.237 e. The number of nitrogens with zero attached hydrogens (tertiary/aromatic N) is 1. The van der Waals surface area contributed by atoms with Gasteiger partial charge in [0, 0.05) is 18.0 Å². The second kappa shape index (κ2) is 7.85. The largest absolute Gasteiger partial charge is 0.491 e. The van der Waals surface area contributed by atoms with E-state index in [1.54, 1.807) is 0 Å². The van der Waals surface area contributed by atoms with Gasteiger partial charge in [-0.1, -0.05) is 30.3 Å². The molecule has 0 aromatic heterocycles. The van der Waals surface area contributed by atoms with Gasteiger partial charge in [0.2, 0.25) is 5.91 Å². The molecule has 3 N–H and O–H groups in total. The second-order valence-corrected chi connectivity index (χ2v) is 6.99. The van der Waals surface area contributed by atoms with Crippen molar-refractivity contribution in [3.63, 3.8) is 0 Å². The Balaban J connectivity index is 1.81. The number of rotatable bonds is 5. The van der Waals surface area contributed by atoms with Crippen molar-refractivity contribution in [1.29, 1.82) is 0 Å². The van der Waals surface area contributed by atoms with Gasteiger partial charge in [0.25, 0.3) is 0 Å². The third-order valence-electron chi connectivity index (χ3n) is 4.84. The molecular weight excluding hydrogens is 314 g/mol. The Morgan fingerprint density at radius 3 is 2.64 bits per heavy atom. The van der Waals surface area contributed by atoms with Crippen LogP contribution in [0.3, 0.4) is 0 Å². The highest BCUT2D eigenvalue weighted by Gasteiger charge is 2.25. The van der Waals surface area contributed by atoms with Crippen molar-refractivity contribution < 1.29 is 9.53 Å². The molecule has 0 radical (unpaired) electrons. The highest BCUT2D eigenvalue weighted by atomic mass is 16.5. The van der Waals surface area contributed by atoms with E-state index in [1.807, 2.05) is 0 Å². The van der Waals surface area contributed by atoms with Gasteiger partial charge in [-0.15, -0.1) is 0 Å². The number of nitrogens with two attached hydrogens (primary N) is 1. The lowest BCUT2D eigenvalue weighted by Crippen LogP contribution is -2.42. The predicted molar refractivity (Wildman–Crippen MR) is 100 cm³/mol. The molecule has 1 heterocycles. The summed E-state index contributed by atoms with van der Waals surface area (Å²) in [4.78, 5) is 14.1. The summed E-state index contributed by atoms with van der Waals surface area (Å²) in [6.45, 7) is 6.72. The Morgan fingerprint density at radius 1 is 1.24 bits per heavy atom. The number of hydrogen-bond acceptors (Lipinski definition) is 4. The normalized spacial score (nSPS) is 16.3. The highest BCUT2D eigenvalue weighted by Crippen LogP contribution is 2.31. The first-order valence-corrected chi connectivity index (χ1v) is 8.98. The molecule has 0 aliphatic carbocycles. The predicted octanol–water partition coefficient (Wildman–Crippen LogP) is 2.83. The molecule has 0 atom stereocenters. The van der Waals surface area contributed by atoms with Crippen LogP contribution in [0.25, 0.3) is 10.8 Å². The van der Waals surface area contributed by atoms with Crippen LogP contribution in [0.2, 0.25) is 0 Å². The number of carbonyl (C=O) groups excluding carboxylic acids is 1. The molecule has 0 spiro atoms. The number of amides is 1. The molecule has 3 rings (SSSR count). The van der Waals surface area contributed by atoms with E-state index in [-0.39, 0.29) is 17.9 Å². The van der Waals surface area contributed by atoms with Gasteiger partial charge < -0.3 is 4.74 Å². The molecule has 1 fully saturated rings. The number of hydrogen-bond donors (Lipinski definition) is 2. The number of likely N-dealkylation sites (tertiary alicyclic amines) is 1. The van der Waals surface area contributed by atoms with E-state index < -0.39 is 0 Å². The second-order valence-electron chi connectivity index (χ2n) is 6.99. The van der Waals surface area contributed by atoms with E-state index in [9.17, 15) is 4.79 Å². The Bertz CT molecular complexity index is 737. The number of piperidine rings is 1. The van der Waals surface area contributed by atoms with Gasteiger partial charge in [-0.3, -0.25) is 15.1 Å². The van der Waals surface area contributed by atoms with Crippen molar-refractivity contribution in [3.05, 3.63) is 42.0 Å². The molecule has 1 saturated heterocycles. The maximum atomic E-state index is 11.7. The fourth-order valence-electron chi connectivity index (χ4n) is 3.54. The van der Waals surface area contributed by atoms with Crippen LogP contribution in [-0.4, -0.2) is 30.0 Å². The number of hydrazine groups is 1. The highest BCUT2D eigenvalue weighted by molar-refractivity contribution is 5.87. The van der Waals surface area contributed by atoms with Gasteiger partial charge in [-0.05, 0) is 56.6 Å². The number of nitrogens with one attached hydrogen (secondary N) is 1. The van der Waals surface area contributed by atoms with E-state index in [1.165, 1.54) is 16.3 Å². The maximum absolute atomic E-state index is 11.7. The van der Waals surface area contributed by atoms with Crippen molar-refractivity contribution in [2.75, 3.05) is 13.1 Å². The molecule has 0 bridgehead atoms. The van der Waals surface area contributed by atoms with Crippen molar-refractivity contribution in [1.82, 2.24) is 10.3 Å². The average Bonchev–Trinajstić information content (AvgIpc) is 2.63. The van der Waals surface area contributed by atoms with E-state index in [4.69, 9.17) is 10.6 Å². The zero-order chi connectivity index (χ0) is 17.8. The summed E-state index contributed by atoms with van der Waals surface area (Å²) in [6, 6.07) is 12.6. The minimum Gasteiger partial charge on any atom is -0.491 e. The number of ether oxygens (including phenoxy) is 1. The lowest BCUT2D eigenvalue weighted by molar-refractivity contribution is -0.126. The van der Waals surface area contributed by atoms with Crippen LogP contribution >= 0.6 is 0 Å². The zero-order valence-corrected chi connectivity index (χ0v) is 15.0. The van der Waals surface area contributed by atoms with Gasteiger partial charge in [0.1, 0.15) is 5.75 Å². The van der Waals surface area contributed by atoms with Crippen LogP contribution < -0.4 is 16.0 Å². The van der Waals surface area contributed by atoms with Crippen molar-refractivity contribution in [3.8, 4) is 5.75 Å². The van der Waals surface area contributed by atoms with Crippen LogP contribution in [0.15, 0.2) is 36.4 Å². The molecule has 134 valence electrons. The van der Waals surface area contributed by atoms with Gasteiger partial charge in [-0.2, -0.15) is 0 Å². The minimum absolute atomic E-state index is 0.0279. The standard InChI is InChI=1S/C20H27N3O2/c1-14(2)25-19-8-7-15-5-3-4-6-17(15)18(19)13-23-11-9-16(10-12-23)20(24)22-21/h3-8,14,16H,9-13,21H2,1-2H3,(H,22,24). The van der Waals surface area contributed by atoms with Crippen LogP contribution in [0.4, 0.5) is 0 Å². The first kappa shape index (κ1) is 17.7. The van der Waals surface area contributed by atoms with E-state index in [0.717, 1.165) is 38.2 Å². The van der Waals surface area contributed by atoms with E-state index in [0.29, 0.717) is 0 Å². The van der Waals surface area contributed by atoms with Crippen LogP contribution in [0.1, 0.15) is 32.3 Å². The summed E-state index contributed by atoms with van der Waals surface area (Å²) in [6.07, 6.45) is 1.82. The van der Waals surface area contributed by atoms with Gasteiger partial charge in [0.05, 0.1) is 6.10 Å². The number of fused-ring (bicyclic) bond motifs is 1. The first-order chi connectivity index (χ1) is 12.1. The fraction of sp³-hybridized carbons (Fsp3) is 0.450. The number of carbonyl (C=O) groups is 1. The Kier molecular flexibility index (Phi) is 5.56. The topological polar surface area (TPSA) is 67.6 Å². The van der Waals surface area contributed by atoms with Gasteiger partial charge >= 0.3 is 0 Å². The third kappa shape index (κ3) is 4.11. The molecule has 5 heteroatoms. The summed E-state index contributed by atoms with van der Waals surface area (Å²) >= 11 is 0. The van der Waals surface area contributed by atoms with Crippen LogP contribution in [-0.2, 0) is 11.3 Å². The lowest BCUT2D eigenvalue weighted by Gasteiger charge is -2.31. The molecular formula is C20H27N3O2.